The highest BCUT2D eigenvalue weighted by molar-refractivity contribution is 5.68. The molecule has 1 aliphatic heterocycles. The van der Waals surface area contributed by atoms with E-state index < -0.39 is 5.60 Å². The van der Waals surface area contributed by atoms with Gasteiger partial charge in [0, 0.05) is 24.7 Å². The summed E-state index contributed by atoms with van der Waals surface area (Å²) < 4.78 is 5.56. The third kappa shape index (κ3) is 4.87. The van der Waals surface area contributed by atoms with Gasteiger partial charge in [-0.15, -0.1) is 0 Å². The Morgan fingerprint density at radius 2 is 1.81 bits per heavy atom. The van der Waals surface area contributed by atoms with E-state index in [0.717, 1.165) is 31.8 Å². The zero-order chi connectivity index (χ0) is 15.7. The number of rotatable bonds is 4. The van der Waals surface area contributed by atoms with Crippen LogP contribution in [0.4, 0.5) is 4.79 Å². The van der Waals surface area contributed by atoms with Crippen LogP contribution < -0.4 is 5.32 Å². The van der Waals surface area contributed by atoms with Gasteiger partial charge >= 0.3 is 6.09 Å². The Morgan fingerprint density at radius 3 is 2.38 bits per heavy atom. The minimum absolute atomic E-state index is 0.154. The Hall–Kier alpha value is -0.770. The van der Waals surface area contributed by atoms with E-state index in [1.165, 1.54) is 19.3 Å². The predicted molar refractivity (Wildman–Crippen MR) is 85.4 cm³/mol. The van der Waals surface area contributed by atoms with Crippen molar-refractivity contribution in [3.63, 3.8) is 0 Å². The van der Waals surface area contributed by atoms with Gasteiger partial charge in [-0.2, -0.15) is 0 Å². The summed E-state index contributed by atoms with van der Waals surface area (Å²) in [5.74, 6) is 0.802. The Morgan fingerprint density at radius 1 is 1.14 bits per heavy atom. The molecule has 1 atom stereocenters. The van der Waals surface area contributed by atoms with Crippen LogP contribution in [0.5, 0.6) is 0 Å². The Balaban J connectivity index is 1.90. The van der Waals surface area contributed by atoms with E-state index in [2.05, 4.69) is 19.2 Å². The largest absolute Gasteiger partial charge is 0.444 e. The number of nitrogens with zero attached hydrogens (tertiary/aromatic N) is 1. The fourth-order valence-corrected chi connectivity index (χ4v) is 3.10. The molecule has 4 heteroatoms. The van der Waals surface area contributed by atoms with Gasteiger partial charge in [0.25, 0.3) is 0 Å². The number of hydrogen-bond acceptors (Lipinski definition) is 3. The van der Waals surface area contributed by atoms with Crippen molar-refractivity contribution in [1.29, 1.82) is 0 Å². The van der Waals surface area contributed by atoms with Gasteiger partial charge in [-0.3, -0.25) is 0 Å². The first-order chi connectivity index (χ1) is 9.69. The normalized spacial score (nSPS) is 24.0. The summed E-state index contributed by atoms with van der Waals surface area (Å²) in [5, 5.41) is 3.69. The molecule has 1 heterocycles. The summed E-state index contributed by atoms with van der Waals surface area (Å²) in [5.41, 5.74) is -0.225. The summed E-state index contributed by atoms with van der Waals surface area (Å²) in [7, 11) is 0. The SMILES string of the molecule is CC(C)(C)OC(=O)N1CCCCC1CNC(C)(C)C1CC1. The molecular formula is C17H32N2O2. The highest BCUT2D eigenvalue weighted by Crippen LogP contribution is 2.39. The number of carbonyl (C=O) groups is 1. The van der Waals surface area contributed by atoms with Gasteiger partial charge in [0.2, 0.25) is 0 Å². The lowest BCUT2D eigenvalue weighted by atomic mass is 9.96. The lowest BCUT2D eigenvalue weighted by Crippen LogP contribution is -2.53. The second-order valence-corrected chi connectivity index (χ2v) is 8.20. The highest BCUT2D eigenvalue weighted by atomic mass is 16.6. The van der Waals surface area contributed by atoms with Crippen LogP contribution >= 0.6 is 0 Å². The number of piperidine rings is 1. The van der Waals surface area contributed by atoms with Gasteiger partial charge < -0.3 is 15.0 Å². The molecule has 0 aromatic heterocycles. The predicted octanol–water partition coefficient (Wildman–Crippen LogP) is 3.55. The molecule has 122 valence electrons. The van der Waals surface area contributed by atoms with E-state index >= 15 is 0 Å². The van der Waals surface area contributed by atoms with Crippen LogP contribution in [0.3, 0.4) is 0 Å². The Labute approximate surface area is 129 Å². The first-order valence-electron chi connectivity index (χ1n) is 8.44. The van der Waals surface area contributed by atoms with Crippen molar-refractivity contribution in [2.75, 3.05) is 13.1 Å². The summed E-state index contributed by atoms with van der Waals surface area (Å²) >= 11 is 0. The van der Waals surface area contributed by atoms with Crippen molar-refractivity contribution < 1.29 is 9.53 Å². The number of hydrogen-bond donors (Lipinski definition) is 1. The van der Waals surface area contributed by atoms with E-state index in [1.807, 2.05) is 25.7 Å². The second-order valence-electron chi connectivity index (χ2n) is 8.20. The molecule has 0 radical (unpaired) electrons. The molecule has 21 heavy (non-hydrogen) atoms. The molecular weight excluding hydrogens is 264 g/mol. The van der Waals surface area contributed by atoms with Crippen molar-refractivity contribution in [2.24, 2.45) is 5.92 Å². The number of amides is 1. The van der Waals surface area contributed by atoms with Gasteiger partial charge in [-0.05, 0) is 72.6 Å². The van der Waals surface area contributed by atoms with Gasteiger partial charge in [-0.1, -0.05) is 0 Å². The van der Waals surface area contributed by atoms with Gasteiger partial charge in [0.1, 0.15) is 5.60 Å². The molecule has 2 aliphatic rings. The van der Waals surface area contributed by atoms with Crippen LogP contribution in [0.1, 0.15) is 66.7 Å². The summed E-state index contributed by atoms with van der Waals surface area (Å²) in [6.07, 6.45) is 5.88. The summed E-state index contributed by atoms with van der Waals surface area (Å²) in [4.78, 5) is 14.3. The van der Waals surface area contributed by atoms with Crippen LogP contribution in [0.25, 0.3) is 0 Å². The monoisotopic (exact) mass is 296 g/mol. The first kappa shape index (κ1) is 16.6. The molecule has 1 saturated heterocycles. The molecule has 0 aromatic rings. The van der Waals surface area contributed by atoms with E-state index in [9.17, 15) is 4.79 Å². The Bertz CT molecular complexity index is 369. The summed E-state index contributed by atoms with van der Waals surface area (Å²) in [6, 6.07) is 0.270. The second kappa shape index (κ2) is 6.15. The van der Waals surface area contributed by atoms with Gasteiger partial charge in [-0.25, -0.2) is 4.79 Å². The van der Waals surface area contributed by atoms with E-state index in [-0.39, 0.29) is 17.7 Å². The molecule has 1 amide bonds. The average molecular weight is 296 g/mol. The molecule has 1 N–H and O–H groups in total. The lowest BCUT2D eigenvalue weighted by molar-refractivity contribution is 0.00903. The van der Waals surface area contributed by atoms with Gasteiger partial charge in [0.15, 0.2) is 0 Å². The number of nitrogens with one attached hydrogen (secondary N) is 1. The van der Waals surface area contributed by atoms with Crippen molar-refractivity contribution in [2.45, 2.75) is 83.9 Å². The average Bonchev–Trinajstić information content (AvgIpc) is 3.19. The number of ether oxygens (including phenoxy) is 1. The zero-order valence-electron chi connectivity index (χ0n) is 14.4. The fourth-order valence-electron chi connectivity index (χ4n) is 3.10. The smallest absolute Gasteiger partial charge is 0.410 e. The fraction of sp³-hybridized carbons (Fsp3) is 0.941. The highest BCUT2D eigenvalue weighted by Gasteiger charge is 2.38. The van der Waals surface area contributed by atoms with Crippen molar-refractivity contribution in [3.05, 3.63) is 0 Å². The molecule has 1 aliphatic carbocycles. The van der Waals surface area contributed by atoms with Crippen molar-refractivity contribution >= 4 is 6.09 Å². The number of carbonyl (C=O) groups excluding carboxylic acids is 1. The molecule has 4 nitrogen and oxygen atoms in total. The maximum Gasteiger partial charge on any atom is 0.410 e. The van der Waals surface area contributed by atoms with Crippen LogP contribution in [-0.2, 0) is 4.74 Å². The molecule has 0 bridgehead atoms. The Kier molecular flexibility index (Phi) is 4.86. The molecule has 1 saturated carbocycles. The maximum absolute atomic E-state index is 12.4. The van der Waals surface area contributed by atoms with Crippen LogP contribution in [0, 0.1) is 5.92 Å². The third-order valence-electron chi connectivity index (χ3n) is 4.65. The van der Waals surface area contributed by atoms with Crippen LogP contribution in [0.2, 0.25) is 0 Å². The maximum atomic E-state index is 12.4. The van der Waals surface area contributed by atoms with Gasteiger partial charge in [0.05, 0.1) is 0 Å². The quantitative estimate of drug-likeness (QED) is 0.862. The van der Waals surface area contributed by atoms with Crippen molar-refractivity contribution in [1.82, 2.24) is 10.2 Å². The van der Waals surface area contributed by atoms with Crippen LogP contribution in [-0.4, -0.2) is 41.3 Å². The van der Waals surface area contributed by atoms with E-state index in [1.54, 1.807) is 0 Å². The molecule has 0 aromatic carbocycles. The molecule has 2 fully saturated rings. The standard InChI is InChI=1S/C17H32N2O2/c1-16(2,3)21-15(20)19-11-7-6-8-14(19)12-18-17(4,5)13-9-10-13/h13-14,18H,6-12H2,1-5H3. The molecule has 1 unspecified atom stereocenters. The van der Waals surface area contributed by atoms with Crippen molar-refractivity contribution in [3.8, 4) is 0 Å². The summed E-state index contributed by atoms with van der Waals surface area (Å²) in [6.45, 7) is 12.1. The lowest BCUT2D eigenvalue weighted by Gasteiger charge is -2.39. The third-order valence-corrected chi connectivity index (χ3v) is 4.65. The van der Waals surface area contributed by atoms with E-state index in [0.29, 0.717) is 0 Å². The topological polar surface area (TPSA) is 41.6 Å². The van der Waals surface area contributed by atoms with Crippen LogP contribution in [0.15, 0.2) is 0 Å². The minimum Gasteiger partial charge on any atom is -0.444 e. The molecule has 0 spiro atoms. The molecule has 2 rings (SSSR count). The first-order valence-corrected chi connectivity index (χ1v) is 8.44. The number of likely N-dealkylation sites (tertiary alicyclic amines) is 1. The van der Waals surface area contributed by atoms with E-state index in [4.69, 9.17) is 4.74 Å². The minimum atomic E-state index is -0.417. The zero-order valence-corrected chi connectivity index (χ0v) is 14.4.